The van der Waals surface area contributed by atoms with Gasteiger partial charge in [-0.15, -0.1) is 0 Å². The van der Waals surface area contributed by atoms with Crippen molar-refractivity contribution in [3.63, 3.8) is 0 Å². The summed E-state index contributed by atoms with van der Waals surface area (Å²) in [6, 6.07) is 5.49. The lowest BCUT2D eigenvalue weighted by molar-refractivity contribution is -0.137. The minimum Gasteiger partial charge on any atom is -0.384 e. The molecule has 8 heteroatoms. The highest BCUT2D eigenvalue weighted by atomic mass is 16.6. The number of rotatable bonds is 12. The van der Waals surface area contributed by atoms with E-state index in [4.69, 9.17) is 15.2 Å². The lowest BCUT2D eigenvalue weighted by atomic mass is 9.75. The van der Waals surface area contributed by atoms with Gasteiger partial charge in [0.15, 0.2) is 0 Å². The van der Waals surface area contributed by atoms with Gasteiger partial charge in [0, 0.05) is 18.2 Å². The third kappa shape index (κ3) is 7.89. The zero-order valence-corrected chi connectivity index (χ0v) is 26.9. The molecule has 5 rings (SSSR count). The Labute approximate surface area is 257 Å². The summed E-state index contributed by atoms with van der Waals surface area (Å²) in [7, 11) is 0. The Kier molecular flexibility index (Phi) is 9.40. The van der Waals surface area contributed by atoms with Gasteiger partial charge < -0.3 is 31.2 Å². The van der Waals surface area contributed by atoms with E-state index in [0.29, 0.717) is 38.0 Å². The van der Waals surface area contributed by atoms with Crippen LogP contribution in [0.5, 0.6) is 0 Å². The van der Waals surface area contributed by atoms with Crippen molar-refractivity contribution in [2.75, 3.05) is 25.0 Å². The van der Waals surface area contributed by atoms with Crippen LogP contribution in [0.25, 0.3) is 0 Å². The Morgan fingerprint density at radius 1 is 1.12 bits per heavy atom. The summed E-state index contributed by atoms with van der Waals surface area (Å²) in [4.78, 5) is 26.4. The highest BCUT2D eigenvalue weighted by Crippen LogP contribution is 2.40. The first kappa shape index (κ1) is 31.7. The molecule has 2 fully saturated rings. The molecule has 0 spiro atoms. The molecular formula is C35H52N4O4. The van der Waals surface area contributed by atoms with Gasteiger partial charge >= 0.3 is 0 Å². The van der Waals surface area contributed by atoms with Crippen LogP contribution in [0.4, 0.5) is 5.69 Å². The second kappa shape index (κ2) is 12.7. The van der Waals surface area contributed by atoms with Gasteiger partial charge in [-0.25, -0.2) is 0 Å². The Morgan fingerprint density at radius 3 is 2.51 bits per heavy atom. The fourth-order valence-corrected chi connectivity index (χ4v) is 7.01. The molecule has 236 valence electrons. The maximum absolute atomic E-state index is 13.2. The quantitative estimate of drug-likeness (QED) is 0.264. The topological polar surface area (TPSA) is 118 Å². The molecule has 3 aliphatic heterocycles. The molecular weight excluding hydrogens is 540 g/mol. The van der Waals surface area contributed by atoms with Crippen LogP contribution in [-0.2, 0) is 25.5 Å². The van der Waals surface area contributed by atoms with Crippen molar-refractivity contribution in [1.82, 2.24) is 10.6 Å². The summed E-state index contributed by atoms with van der Waals surface area (Å²) >= 11 is 0. The fraction of sp³-hybridized carbons (Fsp3) is 0.657. The monoisotopic (exact) mass is 592 g/mol. The van der Waals surface area contributed by atoms with Gasteiger partial charge in [-0.05, 0) is 114 Å². The number of anilines is 1. The first-order valence-electron chi connectivity index (χ1n) is 16.2. The predicted octanol–water partition coefficient (Wildman–Crippen LogP) is 4.60. The summed E-state index contributed by atoms with van der Waals surface area (Å²) in [6.07, 6.45) is 11.0. The predicted molar refractivity (Wildman–Crippen MR) is 171 cm³/mol. The maximum Gasteiger partial charge on any atom is 0.243 e. The van der Waals surface area contributed by atoms with Crippen molar-refractivity contribution < 1.29 is 19.1 Å². The van der Waals surface area contributed by atoms with Gasteiger partial charge in [0.2, 0.25) is 11.8 Å². The van der Waals surface area contributed by atoms with E-state index < -0.39 is 12.1 Å². The first-order valence-corrected chi connectivity index (χ1v) is 16.2. The van der Waals surface area contributed by atoms with E-state index in [-0.39, 0.29) is 40.8 Å². The summed E-state index contributed by atoms with van der Waals surface area (Å²) < 4.78 is 11.6. The van der Waals surface area contributed by atoms with E-state index in [1.165, 1.54) is 16.7 Å². The highest BCUT2D eigenvalue weighted by Gasteiger charge is 2.47. The van der Waals surface area contributed by atoms with E-state index in [1.54, 1.807) is 0 Å². The van der Waals surface area contributed by atoms with Crippen molar-refractivity contribution in [2.45, 2.75) is 109 Å². The van der Waals surface area contributed by atoms with E-state index in [0.717, 1.165) is 31.5 Å². The number of piperazine rings is 1. The molecule has 0 bridgehead atoms. The van der Waals surface area contributed by atoms with Crippen molar-refractivity contribution in [3.8, 4) is 0 Å². The standard InChI is InChI=1S/C35H52N4O4/c1-21-15-23(13-14-42-34(2,3)4)7-10-26(21)24(19-36)17-29-32(40)39-30(33(41)38-29)18-25-20-37-28-16-22(8-11-27(25)28)9-12-31-35(5,6)43-31/h7-8,10-11,15-16,21,24-26,29-31,37H,9,12-14,17-20,36H2,1-6H3,(H,38,41)(H,39,40)/t21?,24?,25?,26?,29?,30?,31-/m0/s1. The summed E-state index contributed by atoms with van der Waals surface area (Å²) in [5.41, 5.74) is 11.0. The first-order chi connectivity index (χ1) is 20.3. The summed E-state index contributed by atoms with van der Waals surface area (Å²) in [6.45, 7) is 14.6. The van der Waals surface area contributed by atoms with Gasteiger partial charge in [0.05, 0.1) is 23.9 Å². The van der Waals surface area contributed by atoms with Gasteiger partial charge in [-0.1, -0.05) is 37.3 Å². The number of carbonyl (C=O) groups is 2. The minimum absolute atomic E-state index is 0.0177. The third-order valence-electron chi connectivity index (χ3n) is 9.67. The number of carbonyl (C=O) groups excluding carboxylic acids is 2. The zero-order valence-electron chi connectivity index (χ0n) is 26.9. The average molecular weight is 593 g/mol. The van der Waals surface area contributed by atoms with Crippen LogP contribution >= 0.6 is 0 Å². The minimum atomic E-state index is -0.569. The average Bonchev–Trinajstić information content (AvgIpc) is 3.36. The van der Waals surface area contributed by atoms with Crippen molar-refractivity contribution >= 4 is 17.5 Å². The molecule has 43 heavy (non-hydrogen) atoms. The van der Waals surface area contributed by atoms with Crippen LogP contribution in [0.3, 0.4) is 0 Å². The number of nitrogens with two attached hydrogens (primary N) is 1. The third-order valence-corrected chi connectivity index (χ3v) is 9.67. The summed E-state index contributed by atoms with van der Waals surface area (Å²) in [5, 5.41) is 9.60. The molecule has 4 aliphatic rings. The van der Waals surface area contributed by atoms with Crippen LogP contribution in [0, 0.1) is 17.8 Å². The molecule has 8 nitrogen and oxygen atoms in total. The molecule has 1 aromatic rings. The normalized spacial score (nSPS) is 30.2. The van der Waals surface area contributed by atoms with E-state index in [2.05, 4.69) is 93.9 Å². The molecule has 1 aliphatic carbocycles. The molecule has 5 N–H and O–H groups in total. The SMILES string of the molecule is CC1C=C(CCOC(C)(C)C)C=CC1C(CN)CC1NC(=O)C(CC2CNc3cc(CC[C@@H]4OC4(C)C)ccc32)NC1=O. The lowest BCUT2D eigenvalue weighted by Gasteiger charge is -2.36. The summed E-state index contributed by atoms with van der Waals surface area (Å²) in [5.74, 6) is 0.544. The Hall–Kier alpha value is -2.68. The lowest BCUT2D eigenvalue weighted by Crippen LogP contribution is -2.62. The molecule has 0 radical (unpaired) electrons. The number of aryl methyl sites for hydroxylation is 1. The number of hydrogen-bond acceptors (Lipinski definition) is 6. The number of benzene rings is 1. The van der Waals surface area contributed by atoms with Crippen molar-refractivity contribution in [1.29, 1.82) is 0 Å². The van der Waals surface area contributed by atoms with Crippen LogP contribution in [0.15, 0.2) is 42.0 Å². The second-order valence-electron chi connectivity index (χ2n) is 14.6. The van der Waals surface area contributed by atoms with Crippen LogP contribution < -0.4 is 21.7 Å². The van der Waals surface area contributed by atoms with Gasteiger partial charge in [0.25, 0.3) is 0 Å². The zero-order chi connectivity index (χ0) is 30.9. The van der Waals surface area contributed by atoms with E-state index in [9.17, 15) is 9.59 Å². The molecule has 1 aromatic carbocycles. The Balaban J connectivity index is 1.11. The second-order valence-corrected chi connectivity index (χ2v) is 14.6. The number of hydrogen-bond donors (Lipinski definition) is 4. The number of epoxide rings is 1. The van der Waals surface area contributed by atoms with Gasteiger partial charge in [-0.2, -0.15) is 0 Å². The van der Waals surface area contributed by atoms with Crippen LogP contribution in [0.1, 0.15) is 84.3 Å². The van der Waals surface area contributed by atoms with Crippen molar-refractivity contribution in [2.24, 2.45) is 23.5 Å². The smallest absolute Gasteiger partial charge is 0.243 e. The molecule has 7 atom stereocenters. The Morgan fingerprint density at radius 2 is 1.84 bits per heavy atom. The largest absolute Gasteiger partial charge is 0.384 e. The molecule has 0 aromatic heterocycles. The molecule has 6 unspecified atom stereocenters. The van der Waals surface area contributed by atoms with E-state index in [1.807, 2.05) is 0 Å². The number of ether oxygens (including phenoxy) is 2. The molecule has 2 saturated heterocycles. The van der Waals surface area contributed by atoms with E-state index >= 15 is 0 Å². The molecule has 3 heterocycles. The number of amides is 2. The highest BCUT2D eigenvalue weighted by molar-refractivity contribution is 5.97. The number of nitrogens with one attached hydrogen (secondary N) is 3. The maximum atomic E-state index is 13.2. The van der Waals surface area contributed by atoms with Gasteiger partial charge in [0.1, 0.15) is 12.1 Å². The Bertz CT molecular complexity index is 1250. The van der Waals surface area contributed by atoms with Gasteiger partial charge in [-0.3, -0.25) is 9.59 Å². The van der Waals surface area contributed by atoms with Crippen LogP contribution in [0.2, 0.25) is 0 Å². The molecule has 0 saturated carbocycles. The number of allylic oxidation sites excluding steroid dienone is 3. The van der Waals surface area contributed by atoms with Crippen LogP contribution in [-0.4, -0.2) is 60.9 Å². The number of fused-ring (bicyclic) bond motifs is 1. The fourth-order valence-electron chi connectivity index (χ4n) is 7.01. The molecule has 2 amide bonds. The van der Waals surface area contributed by atoms with Crippen molar-refractivity contribution in [3.05, 3.63) is 53.1 Å².